The first-order valence-electron chi connectivity index (χ1n) is 4.34. The van der Waals surface area contributed by atoms with Crippen LogP contribution in [0.3, 0.4) is 0 Å². The summed E-state index contributed by atoms with van der Waals surface area (Å²) in [5.41, 5.74) is -1.01. The molecule has 4 nitrogen and oxygen atoms in total. The topological polar surface area (TPSA) is 52.6 Å². The van der Waals surface area contributed by atoms with Gasteiger partial charge in [0.05, 0.1) is 12.7 Å². The Bertz CT molecular complexity index is 294. The number of esters is 2. The van der Waals surface area contributed by atoms with E-state index in [2.05, 4.69) is 9.47 Å². The van der Waals surface area contributed by atoms with E-state index >= 15 is 0 Å². The summed E-state index contributed by atoms with van der Waals surface area (Å²) in [5, 5.41) is 0. The Hall–Kier alpha value is -1.53. The van der Waals surface area contributed by atoms with Crippen molar-refractivity contribution in [2.45, 2.75) is 19.5 Å². The van der Waals surface area contributed by atoms with Crippen LogP contribution in [0.1, 0.15) is 13.3 Å². The van der Waals surface area contributed by atoms with Gasteiger partial charge in [0.1, 0.15) is 6.61 Å². The SMILES string of the molecule is CC/C=C(/COC(=O)C(=O)OC)C(F)(F)F. The summed E-state index contributed by atoms with van der Waals surface area (Å²) in [4.78, 5) is 21.3. The number of carbonyl (C=O) groups is 2. The number of rotatable bonds is 3. The summed E-state index contributed by atoms with van der Waals surface area (Å²) >= 11 is 0. The minimum absolute atomic E-state index is 0.143. The van der Waals surface area contributed by atoms with Gasteiger partial charge in [-0.2, -0.15) is 13.2 Å². The van der Waals surface area contributed by atoms with Crippen LogP contribution in [0.4, 0.5) is 13.2 Å². The molecule has 0 bridgehead atoms. The molecule has 0 aromatic rings. The van der Waals surface area contributed by atoms with E-state index < -0.39 is 30.3 Å². The third kappa shape index (κ3) is 4.81. The van der Waals surface area contributed by atoms with Crippen molar-refractivity contribution in [1.29, 1.82) is 0 Å². The number of allylic oxidation sites excluding steroid dienone is 1. The number of methoxy groups -OCH3 is 1. The van der Waals surface area contributed by atoms with E-state index in [0.717, 1.165) is 13.2 Å². The van der Waals surface area contributed by atoms with Crippen LogP contribution < -0.4 is 0 Å². The largest absolute Gasteiger partial charge is 0.461 e. The van der Waals surface area contributed by atoms with Crippen molar-refractivity contribution in [3.63, 3.8) is 0 Å². The van der Waals surface area contributed by atoms with Crippen molar-refractivity contribution in [3.8, 4) is 0 Å². The van der Waals surface area contributed by atoms with Crippen LogP contribution in [0.15, 0.2) is 11.6 Å². The lowest BCUT2D eigenvalue weighted by Crippen LogP contribution is -2.23. The van der Waals surface area contributed by atoms with Gasteiger partial charge in [0.15, 0.2) is 0 Å². The zero-order chi connectivity index (χ0) is 12.8. The molecule has 0 radical (unpaired) electrons. The maximum atomic E-state index is 12.3. The van der Waals surface area contributed by atoms with Crippen molar-refractivity contribution in [2.75, 3.05) is 13.7 Å². The summed E-state index contributed by atoms with van der Waals surface area (Å²) < 4.78 is 44.9. The molecule has 0 aliphatic rings. The average Bonchev–Trinajstić information content (AvgIpc) is 2.20. The third-order valence-electron chi connectivity index (χ3n) is 1.53. The Kier molecular flexibility index (Phi) is 5.55. The molecular weight excluding hydrogens is 229 g/mol. The molecule has 0 atom stereocenters. The maximum absolute atomic E-state index is 12.3. The standard InChI is InChI=1S/C9H11F3O4/c1-3-4-6(9(10,11)12)5-16-8(14)7(13)15-2/h4H,3,5H2,1-2H3/b6-4-. The van der Waals surface area contributed by atoms with Gasteiger partial charge in [-0.1, -0.05) is 13.0 Å². The predicted molar refractivity (Wildman–Crippen MR) is 47.4 cm³/mol. The smallest absolute Gasteiger partial charge is 0.417 e. The van der Waals surface area contributed by atoms with Gasteiger partial charge < -0.3 is 9.47 Å². The Balaban J connectivity index is 4.41. The molecule has 0 fully saturated rings. The van der Waals surface area contributed by atoms with E-state index in [9.17, 15) is 22.8 Å². The fourth-order valence-corrected chi connectivity index (χ4v) is 0.788. The summed E-state index contributed by atoms with van der Waals surface area (Å²) in [6.07, 6.45) is -3.55. The summed E-state index contributed by atoms with van der Waals surface area (Å²) in [5.74, 6) is -2.79. The number of ether oxygens (including phenoxy) is 2. The molecule has 0 saturated heterocycles. The quantitative estimate of drug-likeness (QED) is 0.427. The zero-order valence-corrected chi connectivity index (χ0v) is 8.76. The monoisotopic (exact) mass is 240 g/mol. The lowest BCUT2D eigenvalue weighted by molar-refractivity contribution is -0.166. The first kappa shape index (κ1) is 14.5. The number of halogens is 3. The molecule has 7 heteroatoms. The van der Waals surface area contributed by atoms with Gasteiger partial charge >= 0.3 is 18.1 Å². The molecule has 0 rings (SSSR count). The second-order valence-electron chi connectivity index (χ2n) is 2.70. The molecule has 0 aromatic carbocycles. The van der Waals surface area contributed by atoms with E-state index in [1.165, 1.54) is 6.92 Å². The molecule has 0 aliphatic carbocycles. The van der Waals surface area contributed by atoms with Crippen LogP contribution in [0, 0.1) is 0 Å². The predicted octanol–water partition coefficient (Wildman–Crippen LogP) is 1.60. The number of carbonyl (C=O) groups excluding carboxylic acids is 2. The van der Waals surface area contributed by atoms with E-state index in [-0.39, 0.29) is 6.42 Å². The van der Waals surface area contributed by atoms with Crippen LogP contribution in [-0.4, -0.2) is 31.8 Å². The molecule has 92 valence electrons. The highest BCUT2D eigenvalue weighted by molar-refractivity contribution is 6.29. The highest BCUT2D eigenvalue weighted by Crippen LogP contribution is 2.26. The van der Waals surface area contributed by atoms with Crippen molar-refractivity contribution in [2.24, 2.45) is 0 Å². The fourth-order valence-electron chi connectivity index (χ4n) is 0.788. The summed E-state index contributed by atoms with van der Waals surface area (Å²) in [7, 11) is 0.927. The lowest BCUT2D eigenvalue weighted by Gasteiger charge is -2.11. The minimum Gasteiger partial charge on any atom is -0.461 e. The van der Waals surface area contributed by atoms with Gasteiger partial charge in [-0.25, -0.2) is 9.59 Å². The van der Waals surface area contributed by atoms with Crippen LogP contribution in [0.25, 0.3) is 0 Å². The van der Waals surface area contributed by atoms with E-state index in [1.54, 1.807) is 0 Å². The van der Waals surface area contributed by atoms with Gasteiger partial charge in [-0.05, 0) is 6.42 Å². The second-order valence-corrected chi connectivity index (χ2v) is 2.70. The van der Waals surface area contributed by atoms with Crippen molar-refractivity contribution >= 4 is 11.9 Å². The third-order valence-corrected chi connectivity index (χ3v) is 1.53. The molecule has 0 N–H and O–H groups in total. The van der Waals surface area contributed by atoms with Crippen LogP contribution in [-0.2, 0) is 19.1 Å². The molecule has 0 saturated carbocycles. The van der Waals surface area contributed by atoms with E-state index in [4.69, 9.17) is 0 Å². The highest BCUT2D eigenvalue weighted by atomic mass is 19.4. The van der Waals surface area contributed by atoms with E-state index in [0.29, 0.717) is 0 Å². The first-order chi connectivity index (χ1) is 7.32. The Morgan fingerprint density at radius 3 is 2.19 bits per heavy atom. The zero-order valence-electron chi connectivity index (χ0n) is 8.76. The minimum atomic E-state index is -4.58. The van der Waals surface area contributed by atoms with Crippen molar-refractivity contribution < 1.29 is 32.2 Å². The lowest BCUT2D eigenvalue weighted by atomic mass is 10.2. The second kappa shape index (κ2) is 6.14. The molecule has 16 heavy (non-hydrogen) atoms. The fraction of sp³-hybridized carbons (Fsp3) is 0.556. The number of hydrogen-bond acceptors (Lipinski definition) is 4. The van der Waals surface area contributed by atoms with Gasteiger partial charge in [0, 0.05) is 0 Å². The maximum Gasteiger partial charge on any atom is 0.417 e. The Morgan fingerprint density at radius 1 is 1.25 bits per heavy atom. The molecule has 0 unspecified atom stereocenters. The molecular formula is C9H11F3O4. The highest BCUT2D eigenvalue weighted by Gasteiger charge is 2.34. The molecule has 0 aromatic heterocycles. The van der Waals surface area contributed by atoms with Gasteiger partial charge in [0.2, 0.25) is 0 Å². The van der Waals surface area contributed by atoms with E-state index in [1.807, 2.05) is 0 Å². The normalized spacial score (nSPS) is 12.2. The van der Waals surface area contributed by atoms with Crippen LogP contribution in [0.2, 0.25) is 0 Å². The summed E-state index contributed by atoms with van der Waals surface area (Å²) in [6.45, 7) is 0.513. The number of hydrogen-bond donors (Lipinski definition) is 0. The van der Waals surface area contributed by atoms with Crippen molar-refractivity contribution in [3.05, 3.63) is 11.6 Å². The van der Waals surface area contributed by atoms with Crippen LogP contribution >= 0.6 is 0 Å². The first-order valence-corrected chi connectivity index (χ1v) is 4.34. The van der Waals surface area contributed by atoms with Crippen LogP contribution in [0.5, 0.6) is 0 Å². The molecule has 0 amide bonds. The molecule has 0 spiro atoms. The summed E-state index contributed by atoms with van der Waals surface area (Å²) in [6, 6.07) is 0. The van der Waals surface area contributed by atoms with Gasteiger partial charge in [0.25, 0.3) is 0 Å². The Morgan fingerprint density at radius 2 is 1.81 bits per heavy atom. The molecule has 0 aliphatic heterocycles. The van der Waals surface area contributed by atoms with Gasteiger partial charge in [-0.15, -0.1) is 0 Å². The Labute approximate surface area is 90.0 Å². The van der Waals surface area contributed by atoms with Crippen molar-refractivity contribution in [1.82, 2.24) is 0 Å². The average molecular weight is 240 g/mol. The van der Waals surface area contributed by atoms with Gasteiger partial charge in [-0.3, -0.25) is 0 Å². The number of alkyl halides is 3. The molecule has 0 heterocycles.